The molecule has 0 spiro atoms. The standard InChI is InChI=1S/C30H31ClF4N4O5/c1-28(2,14-36)18-12-21(16-4-6-20(32)19(31)10-16)39-25(13-18)29(42,30(33,34)35)15-38-26(40)17-5-7-22(24(11-17)43-3)44-23-8-9-37-27(23)41/h4-7,10-13,23,42H,8-9,14-15,36H2,1-3H3,(H,37,41)(H,38,40)/t23-,29?/m0/s1. The molecule has 1 saturated heterocycles. The van der Waals surface area contributed by atoms with Crippen molar-refractivity contribution in [3.8, 4) is 22.8 Å². The van der Waals surface area contributed by atoms with E-state index in [1.54, 1.807) is 13.8 Å². The highest BCUT2D eigenvalue weighted by Gasteiger charge is 2.56. The van der Waals surface area contributed by atoms with Crippen LogP contribution >= 0.6 is 11.6 Å². The number of halogens is 5. The van der Waals surface area contributed by atoms with Crippen molar-refractivity contribution in [3.63, 3.8) is 0 Å². The molecular weight excluding hydrogens is 608 g/mol. The molecular formula is C30H31ClF4N4O5. The van der Waals surface area contributed by atoms with E-state index in [-0.39, 0.29) is 45.8 Å². The fourth-order valence-electron chi connectivity index (χ4n) is 4.44. The Morgan fingerprint density at radius 2 is 1.89 bits per heavy atom. The van der Waals surface area contributed by atoms with E-state index in [2.05, 4.69) is 15.6 Å². The number of aromatic nitrogens is 1. The molecule has 1 fully saturated rings. The Morgan fingerprint density at radius 3 is 2.48 bits per heavy atom. The average Bonchev–Trinajstić information content (AvgIpc) is 3.40. The van der Waals surface area contributed by atoms with Crippen molar-refractivity contribution in [2.45, 2.75) is 43.6 Å². The largest absolute Gasteiger partial charge is 0.493 e. The molecule has 1 aliphatic heterocycles. The number of hydrogen-bond acceptors (Lipinski definition) is 7. The minimum atomic E-state index is -5.30. The normalized spacial score (nSPS) is 16.7. The summed E-state index contributed by atoms with van der Waals surface area (Å²) in [5.41, 5.74) is 0.974. The maximum atomic E-state index is 14.6. The molecule has 0 radical (unpaired) electrons. The molecule has 9 nitrogen and oxygen atoms in total. The number of carbonyl (C=O) groups is 2. The van der Waals surface area contributed by atoms with E-state index in [0.717, 1.165) is 12.1 Å². The molecule has 0 bridgehead atoms. The van der Waals surface area contributed by atoms with Crippen molar-refractivity contribution < 1.29 is 41.7 Å². The lowest BCUT2D eigenvalue weighted by atomic mass is 9.82. The van der Waals surface area contributed by atoms with E-state index in [1.165, 1.54) is 43.5 Å². The van der Waals surface area contributed by atoms with Gasteiger partial charge >= 0.3 is 6.18 Å². The fraction of sp³-hybridized carbons (Fsp3) is 0.367. The minimum Gasteiger partial charge on any atom is -0.493 e. The first-order chi connectivity index (χ1) is 20.6. The number of methoxy groups -OCH3 is 1. The number of nitrogens with zero attached hydrogens (tertiary/aromatic N) is 1. The van der Waals surface area contributed by atoms with Gasteiger partial charge in [-0.2, -0.15) is 13.2 Å². The van der Waals surface area contributed by atoms with Gasteiger partial charge in [0.15, 0.2) is 17.6 Å². The van der Waals surface area contributed by atoms with Crippen LogP contribution in [-0.2, 0) is 15.8 Å². The molecule has 0 aliphatic carbocycles. The summed E-state index contributed by atoms with van der Waals surface area (Å²) < 4.78 is 68.5. The van der Waals surface area contributed by atoms with Crippen LogP contribution in [0.2, 0.25) is 5.02 Å². The Kier molecular flexibility index (Phi) is 9.43. The van der Waals surface area contributed by atoms with Gasteiger partial charge in [-0.3, -0.25) is 9.59 Å². The lowest BCUT2D eigenvalue weighted by Gasteiger charge is -2.32. The predicted molar refractivity (Wildman–Crippen MR) is 154 cm³/mol. The van der Waals surface area contributed by atoms with E-state index in [1.807, 2.05) is 0 Å². The van der Waals surface area contributed by atoms with E-state index >= 15 is 0 Å². The van der Waals surface area contributed by atoms with Crippen LogP contribution in [0.3, 0.4) is 0 Å². The van der Waals surface area contributed by atoms with Gasteiger partial charge in [-0.1, -0.05) is 25.4 Å². The Balaban J connectivity index is 1.68. The monoisotopic (exact) mass is 638 g/mol. The van der Waals surface area contributed by atoms with E-state index in [4.69, 9.17) is 26.8 Å². The number of hydrogen-bond donors (Lipinski definition) is 4. The van der Waals surface area contributed by atoms with Crippen molar-refractivity contribution in [1.29, 1.82) is 0 Å². The summed E-state index contributed by atoms with van der Waals surface area (Å²) in [6.45, 7) is 2.56. The molecule has 5 N–H and O–H groups in total. The third kappa shape index (κ3) is 6.74. The van der Waals surface area contributed by atoms with Crippen LogP contribution in [0.1, 0.15) is 41.9 Å². The van der Waals surface area contributed by atoms with Crippen LogP contribution < -0.4 is 25.8 Å². The number of nitrogens with one attached hydrogen (secondary N) is 2. The Labute approximate surface area is 255 Å². The smallest absolute Gasteiger partial charge is 0.424 e. The number of benzene rings is 2. The molecule has 1 aliphatic rings. The first-order valence-corrected chi connectivity index (χ1v) is 13.9. The minimum absolute atomic E-state index is 0.0220. The van der Waals surface area contributed by atoms with Crippen molar-refractivity contribution in [3.05, 3.63) is 76.2 Å². The number of ether oxygens (including phenoxy) is 2. The second-order valence-corrected chi connectivity index (χ2v) is 11.3. The quantitative estimate of drug-likeness (QED) is 0.244. The summed E-state index contributed by atoms with van der Waals surface area (Å²) in [5, 5.41) is 15.7. The van der Waals surface area contributed by atoms with Crippen LogP contribution in [0, 0.1) is 5.82 Å². The van der Waals surface area contributed by atoms with Gasteiger partial charge in [0.05, 0.1) is 30.1 Å². The van der Waals surface area contributed by atoms with Gasteiger partial charge in [0.1, 0.15) is 5.82 Å². The van der Waals surface area contributed by atoms with Crippen LogP contribution in [0.15, 0.2) is 48.5 Å². The zero-order valence-corrected chi connectivity index (χ0v) is 24.8. The van der Waals surface area contributed by atoms with Crippen molar-refractivity contribution in [2.75, 3.05) is 26.7 Å². The van der Waals surface area contributed by atoms with Crippen LogP contribution in [0.25, 0.3) is 11.3 Å². The topological polar surface area (TPSA) is 136 Å². The van der Waals surface area contributed by atoms with Crippen LogP contribution in [0.5, 0.6) is 11.5 Å². The van der Waals surface area contributed by atoms with Gasteiger partial charge in [-0.15, -0.1) is 0 Å². The first-order valence-electron chi connectivity index (χ1n) is 13.5. The van der Waals surface area contributed by atoms with E-state index in [0.29, 0.717) is 18.5 Å². The van der Waals surface area contributed by atoms with Gasteiger partial charge in [0, 0.05) is 36.1 Å². The molecule has 2 aromatic carbocycles. The van der Waals surface area contributed by atoms with Crippen molar-refractivity contribution in [1.82, 2.24) is 15.6 Å². The predicted octanol–water partition coefficient (Wildman–Crippen LogP) is 4.23. The van der Waals surface area contributed by atoms with Crippen LogP contribution in [-0.4, -0.2) is 60.9 Å². The molecule has 2 atom stereocenters. The lowest BCUT2D eigenvalue weighted by Crippen LogP contribution is -2.51. The Morgan fingerprint density at radius 1 is 1.16 bits per heavy atom. The summed E-state index contributed by atoms with van der Waals surface area (Å²) in [6.07, 6.45) is -5.63. The molecule has 3 aromatic rings. The van der Waals surface area contributed by atoms with E-state index < -0.39 is 47.3 Å². The summed E-state index contributed by atoms with van der Waals surface area (Å²) in [7, 11) is 1.30. The Hall–Kier alpha value is -3.94. The molecule has 0 saturated carbocycles. The molecule has 1 aromatic heterocycles. The lowest BCUT2D eigenvalue weighted by molar-refractivity contribution is -0.265. The number of aliphatic hydroxyl groups is 1. The van der Waals surface area contributed by atoms with Crippen molar-refractivity contribution >= 4 is 23.4 Å². The molecule has 1 unspecified atom stereocenters. The number of pyridine rings is 1. The highest BCUT2D eigenvalue weighted by molar-refractivity contribution is 6.31. The highest BCUT2D eigenvalue weighted by atomic mass is 35.5. The molecule has 4 rings (SSSR count). The van der Waals surface area contributed by atoms with E-state index in [9.17, 15) is 32.3 Å². The highest BCUT2D eigenvalue weighted by Crippen LogP contribution is 2.40. The maximum Gasteiger partial charge on any atom is 0.424 e. The number of alkyl halides is 3. The van der Waals surface area contributed by atoms with Gasteiger partial charge in [-0.25, -0.2) is 9.37 Å². The van der Waals surface area contributed by atoms with Crippen molar-refractivity contribution in [2.24, 2.45) is 5.73 Å². The zero-order chi connectivity index (χ0) is 32.4. The van der Waals surface area contributed by atoms with Crippen LogP contribution in [0.4, 0.5) is 17.6 Å². The maximum absolute atomic E-state index is 14.6. The number of nitrogens with two attached hydrogens (primary N) is 1. The van der Waals surface area contributed by atoms with Gasteiger partial charge in [0.2, 0.25) is 5.60 Å². The Bertz CT molecular complexity index is 1570. The number of amides is 2. The summed E-state index contributed by atoms with van der Waals surface area (Å²) in [6, 6.07) is 9.99. The first kappa shape index (κ1) is 33.0. The summed E-state index contributed by atoms with van der Waals surface area (Å²) in [5.74, 6) is -1.76. The average molecular weight is 639 g/mol. The molecule has 236 valence electrons. The fourth-order valence-corrected chi connectivity index (χ4v) is 4.62. The molecule has 2 amide bonds. The summed E-state index contributed by atoms with van der Waals surface area (Å²) >= 11 is 5.91. The SMILES string of the molecule is COc1cc(C(=O)NCC(O)(c2cc(C(C)(C)CN)cc(-c3ccc(F)c(Cl)c3)n2)C(F)(F)F)ccc1O[C@H]1CCNC1=O. The molecule has 44 heavy (non-hydrogen) atoms. The third-order valence-corrected chi connectivity index (χ3v) is 7.71. The molecule has 2 heterocycles. The zero-order valence-electron chi connectivity index (χ0n) is 24.0. The van der Waals surface area contributed by atoms with Gasteiger partial charge < -0.3 is 30.9 Å². The summed E-state index contributed by atoms with van der Waals surface area (Å²) in [4.78, 5) is 29.0. The number of rotatable bonds is 10. The number of carbonyl (C=O) groups excluding carboxylic acids is 2. The molecule has 14 heteroatoms. The third-order valence-electron chi connectivity index (χ3n) is 7.42. The second kappa shape index (κ2) is 12.6. The second-order valence-electron chi connectivity index (χ2n) is 10.9. The van der Waals surface area contributed by atoms with Gasteiger partial charge in [-0.05, 0) is 54.1 Å². The van der Waals surface area contributed by atoms with Gasteiger partial charge in [0.25, 0.3) is 11.8 Å².